The van der Waals surface area contributed by atoms with E-state index in [-0.39, 0.29) is 5.56 Å². The van der Waals surface area contributed by atoms with Gasteiger partial charge < -0.3 is 5.11 Å². The molecule has 1 unspecified atom stereocenters. The van der Waals surface area contributed by atoms with Crippen molar-refractivity contribution in [2.24, 2.45) is 0 Å². The zero-order chi connectivity index (χ0) is 15.1. The first-order chi connectivity index (χ1) is 10.0. The molecule has 1 heterocycles. The number of hydrogen-bond donors (Lipinski definition) is 1. The molecular formula is C15H18N2O3S. The number of aliphatic carboxylic acids is 1. The zero-order valence-corrected chi connectivity index (χ0v) is 13.0. The Morgan fingerprint density at radius 2 is 2.24 bits per heavy atom. The lowest BCUT2D eigenvalue weighted by Crippen LogP contribution is -2.27. The maximum absolute atomic E-state index is 12.7. The second-order valence-corrected chi connectivity index (χ2v) is 6.78. The highest BCUT2D eigenvalue weighted by molar-refractivity contribution is 8.00. The van der Waals surface area contributed by atoms with E-state index in [0.717, 1.165) is 48.7 Å². The summed E-state index contributed by atoms with van der Waals surface area (Å²) in [6, 6.07) is 0. The van der Waals surface area contributed by atoms with E-state index in [1.807, 2.05) is 6.92 Å². The summed E-state index contributed by atoms with van der Waals surface area (Å²) in [7, 11) is 0. The second kappa shape index (κ2) is 5.33. The Morgan fingerprint density at radius 1 is 1.48 bits per heavy atom. The molecule has 21 heavy (non-hydrogen) atoms. The number of nitrogens with zero attached hydrogens (tertiary/aromatic N) is 2. The second-order valence-electron chi connectivity index (χ2n) is 5.48. The molecule has 1 atom stereocenters. The number of aromatic nitrogens is 2. The molecule has 1 aromatic rings. The highest BCUT2D eigenvalue weighted by Gasteiger charge is 2.31. The molecule has 0 amide bonds. The molecule has 1 aromatic heterocycles. The van der Waals surface area contributed by atoms with E-state index in [2.05, 4.69) is 4.98 Å². The molecule has 0 aliphatic heterocycles. The van der Waals surface area contributed by atoms with E-state index in [1.54, 1.807) is 11.5 Å². The molecule has 3 rings (SSSR count). The zero-order valence-electron chi connectivity index (χ0n) is 12.2. The Kier molecular flexibility index (Phi) is 3.65. The first kappa shape index (κ1) is 14.4. The molecule has 0 saturated heterocycles. The fourth-order valence-corrected chi connectivity index (χ4v) is 4.01. The van der Waals surface area contributed by atoms with Crippen LogP contribution in [0.2, 0.25) is 0 Å². The van der Waals surface area contributed by atoms with Crippen molar-refractivity contribution in [3.63, 3.8) is 0 Å². The van der Waals surface area contributed by atoms with Crippen molar-refractivity contribution in [3.8, 4) is 0 Å². The molecule has 0 aromatic carbocycles. The minimum Gasteiger partial charge on any atom is -0.480 e. The SMILES string of the molecule is CCn1c(SC(C)C(=O)O)nc2c(c1=O)C1=C(CCC1)C2. The lowest BCUT2D eigenvalue weighted by Gasteiger charge is -2.14. The van der Waals surface area contributed by atoms with Gasteiger partial charge in [0.25, 0.3) is 5.56 Å². The Bertz CT molecular complexity index is 706. The van der Waals surface area contributed by atoms with Gasteiger partial charge in [-0.15, -0.1) is 0 Å². The molecule has 5 nitrogen and oxygen atoms in total. The maximum atomic E-state index is 12.7. The van der Waals surface area contributed by atoms with Gasteiger partial charge in [-0.3, -0.25) is 14.2 Å². The lowest BCUT2D eigenvalue weighted by molar-refractivity contribution is -0.136. The van der Waals surface area contributed by atoms with E-state index in [9.17, 15) is 9.59 Å². The monoisotopic (exact) mass is 306 g/mol. The maximum Gasteiger partial charge on any atom is 0.316 e. The van der Waals surface area contributed by atoms with Gasteiger partial charge in [0.1, 0.15) is 5.25 Å². The number of allylic oxidation sites excluding steroid dienone is 2. The van der Waals surface area contributed by atoms with Gasteiger partial charge in [0.15, 0.2) is 5.16 Å². The van der Waals surface area contributed by atoms with E-state index in [4.69, 9.17) is 5.11 Å². The van der Waals surface area contributed by atoms with Crippen LogP contribution in [-0.4, -0.2) is 25.9 Å². The predicted molar refractivity (Wildman–Crippen MR) is 81.6 cm³/mol. The van der Waals surface area contributed by atoms with E-state index in [0.29, 0.717) is 11.7 Å². The van der Waals surface area contributed by atoms with E-state index in [1.165, 1.54) is 11.1 Å². The minimum atomic E-state index is -0.891. The molecular weight excluding hydrogens is 288 g/mol. The van der Waals surface area contributed by atoms with Gasteiger partial charge in [0.2, 0.25) is 0 Å². The first-order valence-electron chi connectivity index (χ1n) is 7.27. The van der Waals surface area contributed by atoms with Crippen LogP contribution in [0.3, 0.4) is 0 Å². The molecule has 0 fully saturated rings. The van der Waals surface area contributed by atoms with E-state index >= 15 is 0 Å². The Morgan fingerprint density at radius 3 is 2.90 bits per heavy atom. The summed E-state index contributed by atoms with van der Waals surface area (Å²) < 4.78 is 1.61. The fourth-order valence-electron chi connectivity index (χ4n) is 3.09. The molecule has 2 aliphatic carbocycles. The van der Waals surface area contributed by atoms with Crippen LogP contribution >= 0.6 is 11.8 Å². The van der Waals surface area contributed by atoms with Crippen molar-refractivity contribution in [1.82, 2.24) is 9.55 Å². The van der Waals surface area contributed by atoms with Gasteiger partial charge in [-0.1, -0.05) is 17.3 Å². The van der Waals surface area contributed by atoms with Crippen LogP contribution in [0, 0.1) is 0 Å². The molecule has 2 aliphatic rings. The number of fused-ring (bicyclic) bond motifs is 2. The topological polar surface area (TPSA) is 72.2 Å². The largest absolute Gasteiger partial charge is 0.480 e. The average Bonchev–Trinajstić information content (AvgIpc) is 2.98. The summed E-state index contributed by atoms with van der Waals surface area (Å²) in [5.74, 6) is -0.891. The molecule has 1 N–H and O–H groups in total. The van der Waals surface area contributed by atoms with Crippen LogP contribution in [0.4, 0.5) is 0 Å². The number of thioether (sulfide) groups is 1. The highest BCUT2D eigenvalue weighted by Crippen LogP contribution is 2.41. The quantitative estimate of drug-likeness (QED) is 0.683. The third-order valence-electron chi connectivity index (χ3n) is 4.17. The summed E-state index contributed by atoms with van der Waals surface area (Å²) in [6.45, 7) is 4.02. The van der Waals surface area contributed by atoms with Crippen LogP contribution < -0.4 is 5.56 Å². The van der Waals surface area contributed by atoms with Crippen molar-refractivity contribution in [3.05, 3.63) is 27.2 Å². The third-order valence-corrected chi connectivity index (χ3v) is 5.25. The predicted octanol–water partition coefficient (Wildman–Crippen LogP) is 2.32. The van der Waals surface area contributed by atoms with Gasteiger partial charge in [-0.2, -0.15) is 0 Å². The summed E-state index contributed by atoms with van der Waals surface area (Å²) in [6.07, 6.45) is 3.92. The van der Waals surface area contributed by atoms with E-state index < -0.39 is 11.2 Å². The molecule has 0 bridgehead atoms. The highest BCUT2D eigenvalue weighted by atomic mass is 32.2. The Hall–Kier alpha value is -1.56. The molecule has 0 spiro atoms. The van der Waals surface area contributed by atoms with Crippen LogP contribution in [0.25, 0.3) is 5.57 Å². The van der Waals surface area contributed by atoms with Crippen LogP contribution in [0.15, 0.2) is 15.5 Å². The Labute approximate surface area is 127 Å². The standard InChI is InChI=1S/C15H18N2O3S/c1-3-17-13(18)12-10-6-4-5-9(10)7-11(12)16-15(17)21-8(2)14(19)20/h8H,3-7H2,1-2H3,(H,19,20). The third kappa shape index (κ3) is 2.31. The normalized spacial score (nSPS) is 17.8. The summed E-state index contributed by atoms with van der Waals surface area (Å²) in [5, 5.41) is 8.97. The minimum absolute atomic E-state index is 0.00510. The van der Waals surface area contributed by atoms with Crippen molar-refractivity contribution in [2.45, 2.75) is 56.5 Å². The number of carboxylic acids is 1. The molecule has 6 heteroatoms. The lowest BCUT2D eigenvalue weighted by atomic mass is 10.1. The Balaban J connectivity index is 2.07. The van der Waals surface area contributed by atoms with Crippen LogP contribution in [-0.2, 0) is 17.8 Å². The van der Waals surface area contributed by atoms with Crippen LogP contribution in [0.5, 0.6) is 0 Å². The summed E-state index contributed by atoms with van der Waals surface area (Å²) >= 11 is 1.14. The first-order valence-corrected chi connectivity index (χ1v) is 8.15. The summed E-state index contributed by atoms with van der Waals surface area (Å²) in [4.78, 5) is 28.4. The van der Waals surface area contributed by atoms with Crippen molar-refractivity contribution >= 4 is 23.3 Å². The van der Waals surface area contributed by atoms with Crippen molar-refractivity contribution in [2.75, 3.05) is 0 Å². The van der Waals surface area contributed by atoms with Gasteiger partial charge in [-0.05, 0) is 38.7 Å². The number of rotatable bonds is 4. The van der Waals surface area contributed by atoms with Crippen molar-refractivity contribution < 1.29 is 9.90 Å². The van der Waals surface area contributed by atoms with Crippen molar-refractivity contribution in [1.29, 1.82) is 0 Å². The average molecular weight is 306 g/mol. The number of carboxylic acid groups (broad SMARTS) is 1. The smallest absolute Gasteiger partial charge is 0.316 e. The molecule has 0 radical (unpaired) electrons. The van der Waals surface area contributed by atoms with Gasteiger partial charge in [-0.25, -0.2) is 4.98 Å². The number of carbonyl (C=O) groups is 1. The number of hydrogen-bond acceptors (Lipinski definition) is 4. The van der Waals surface area contributed by atoms with Gasteiger partial charge in [0.05, 0.1) is 11.3 Å². The molecule has 0 saturated carbocycles. The van der Waals surface area contributed by atoms with Gasteiger partial charge >= 0.3 is 5.97 Å². The molecule has 112 valence electrons. The fraction of sp³-hybridized carbons (Fsp3) is 0.533. The van der Waals surface area contributed by atoms with Crippen LogP contribution in [0.1, 0.15) is 44.4 Å². The summed E-state index contributed by atoms with van der Waals surface area (Å²) in [5.41, 5.74) is 4.18. The van der Waals surface area contributed by atoms with Gasteiger partial charge in [0, 0.05) is 13.0 Å².